The highest BCUT2D eigenvalue weighted by Crippen LogP contribution is 2.27. The van der Waals surface area contributed by atoms with Gasteiger partial charge in [0.05, 0.1) is 5.70 Å². The molecule has 0 radical (unpaired) electrons. The smallest absolute Gasteiger partial charge is 0.218 e. The van der Waals surface area contributed by atoms with Crippen molar-refractivity contribution in [3.8, 4) is 0 Å². The minimum atomic E-state index is -0.403. The van der Waals surface area contributed by atoms with Gasteiger partial charge in [-0.3, -0.25) is 9.79 Å². The summed E-state index contributed by atoms with van der Waals surface area (Å²) in [6, 6.07) is 8.01. The van der Waals surface area contributed by atoms with Crippen LogP contribution in [0.5, 0.6) is 0 Å². The lowest BCUT2D eigenvalue weighted by Gasteiger charge is -2.25. The number of carbonyl (C=O) groups is 1. The largest absolute Gasteiger partial charge is 0.345 e. The fourth-order valence-electron chi connectivity index (χ4n) is 2.06. The summed E-state index contributed by atoms with van der Waals surface area (Å²) < 4.78 is 0. The molecule has 1 heterocycles. The van der Waals surface area contributed by atoms with Crippen LogP contribution in [-0.2, 0) is 4.79 Å². The molecule has 2 rings (SSSR count). The Kier molecular flexibility index (Phi) is 3.19. The highest BCUT2D eigenvalue weighted by molar-refractivity contribution is 6.04. The van der Waals surface area contributed by atoms with Gasteiger partial charge in [-0.05, 0) is 13.0 Å². The van der Waals surface area contributed by atoms with Crippen LogP contribution in [0.1, 0.15) is 19.4 Å². The summed E-state index contributed by atoms with van der Waals surface area (Å²) in [7, 11) is 1.93. The Bertz CT molecular complexity index is 534. The fourth-order valence-corrected chi connectivity index (χ4v) is 2.06. The third-order valence-corrected chi connectivity index (χ3v) is 3.06. The number of hydrogen-bond donors (Lipinski definition) is 1. The van der Waals surface area contributed by atoms with Gasteiger partial charge in [0.15, 0.2) is 6.17 Å². The number of nitrogens with one attached hydrogen (secondary N) is 1. The second-order valence-electron chi connectivity index (χ2n) is 4.39. The van der Waals surface area contributed by atoms with Crippen molar-refractivity contribution in [2.24, 2.45) is 4.99 Å². The number of fused-ring (bicyclic) bond motifs is 1. The number of carbonyl (C=O) groups excluding carboxylic acids is 1. The van der Waals surface area contributed by atoms with E-state index in [9.17, 15) is 4.79 Å². The number of para-hydroxylation sites is 1. The summed E-state index contributed by atoms with van der Waals surface area (Å²) in [5.41, 5.74) is 3.77. The quantitative estimate of drug-likeness (QED) is 0.819. The molecule has 0 spiro atoms. The molecular weight excluding hydrogens is 226 g/mol. The average molecular weight is 243 g/mol. The van der Waals surface area contributed by atoms with E-state index in [-0.39, 0.29) is 5.91 Å². The summed E-state index contributed by atoms with van der Waals surface area (Å²) >= 11 is 0. The van der Waals surface area contributed by atoms with E-state index < -0.39 is 6.17 Å². The van der Waals surface area contributed by atoms with Gasteiger partial charge in [-0.15, -0.1) is 0 Å². The predicted octanol–water partition coefficient (Wildman–Crippen LogP) is 1.92. The van der Waals surface area contributed by atoms with Crippen molar-refractivity contribution in [1.29, 1.82) is 0 Å². The topological polar surface area (TPSA) is 44.7 Å². The van der Waals surface area contributed by atoms with Crippen LogP contribution in [0.15, 0.2) is 41.5 Å². The Balaban J connectivity index is 2.48. The van der Waals surface area contributed by atoms with Crippen LogP contribution in [0.25, 0.3) is 0 Å². The van der Waals surface area contributed by atoms with Crippen LogP contribution in [-0.4, -0.2) is 24.8 Å². The summed E-state index contributed by atoms with van der Waals surface area (Å²) in [6.07, 6.45) is -0.403. The zero-order chi connectivity index (χ0) is 13.3. The molecule has 1 aliphatic rings. The number of likely N-dealkylation sites (N-methyl/N-ethyl adjacent to an activating group) is 1. The molecule has 1 amide bonds. The molecule has 1 aromatic carbocycles. The zero-order valence-corrected chi connectivity index (χ0v) is 10.9. The van der Waals surface area contributed by atoms with Gasteiger partial charge in [-0.25, -0.2) is 0 Å². The lowest BCUT2D eigenvalue weighted by Crippen LogP contribution is -2.37. The zero-order valence-electron chi connectivity index (χ0n) is 10.9. The molecule has 1 unspecified atom stereocenters. The fraction of sp³-hybridized carbons (Fsp3) is 0.286. The van der Waals surface area contributed by atoms with Crippen LogP contribution >= 0.6 is 0 Å². The lowest BCUT2D eigenvalue weighted by atomic mass is 10.1. The molecule has 94 valence electrons. The summed E-state index contributed by atoms with van der Waals surface area (Å²) in [6.45, 7) is 7.45. The summed E-state index contributed by atoms with van der Waals surface area (Å²) in [5.74, 6) is -0.114. The van der Waals surface area contributed by atoms with E-state index in [0.29, 0.717) is 0 Å². The number of benzodiazepines with no additional fused rings is 1. The molecule has 18 heavy (non-hydrogen) atoms. The van der Waals surface area contributed by atoms with E-state index in [2.05, 4.69) is 16.9 Å². The molecule has 1 N–H and O–H groups in total. The van der Waals surface area contributed by atoms with E-state index >= 15 is 0 Å². The maximum absolute atomic E-state index is 11.2. The van der Waals surface area contributed by atoms with E-state index in [1.807, 2.05) is 43.1 Å². The van der Waals surface area contributed by atoms with E-state index in [1.54, 1.807) is 0 Å². The van der Waals surface area contributed by atoms with Crippen molar-refractivity contribution in [1.82, 2.24) is 5.32 Å². The number of benzene rings is 1. The van der Waals surface area contributed by atoms with E-state index in [1.165, 1.54) is 6.92 Å². The number of anilines is 1. The number of aliphatic imine (C=N–C) groups is 1. The Morgan fingerprint density at radius 3 is 2.78 bits per heavy atom. The van der Waals surface area contributed by atoms with Crippen molar-refractivity contribution < 1.29 is 4.79 Å². The average Bonchev–Trinajstić information content (AvgIpc) is 2.42. The van der Waals surface area contributed by atoms with Gasteiger partial charge < -0.3 is 10.2 Å². The van der Waals surface area contributed by atoms with Crippen molar-refractivity contribution in [2.45, 2.75) is 20.0 Å². The highest BCUT2D eigenvalue weighted by Gasteiger charge is 2.23. The molecule has 0 aromatic heterocycles. The molecular formula is C14H17N3O. The first kappa shape index (κ1) is 12.4. The van der Waals surface area contributed by atoms with Crippen molar-refractivity contribution in [3.63, 3.8) is 0 Å². The molecule has 0 fully saturated rings. The lowest BCUT2D eigenvalue weighted by molar-refractivity contribution is -0.119. The normalized spacial score (nSPS) is 18.8. The Morgan fingerprint density at radius 1 is 1.44 bits per heavy atom. The third kappa shape index (κ3) is 2.14. The van der Waals surface area contributed by atoms with Crippen LogP contribution in [0.2, 0.25) is 0 Å². The van der Waals surface area contributed by atoms with Gasteiger partial charge in [0.1, 0.15) is 0 Å². The van der Waals surface area contributed by atoms with Crippen LogP contribution in [0.4, 0.5) is 5.69 Å². The van der Waals surface area contributed by atoms with Gasteiger partial charge in [-0.1, -0.05) is 24.8 Å². The van der Waals surface area contributed by atoms with Crippen LogP contribution in [0.3, 0.4) is 0 Å². The Hall–Kier alpha value is -2.10. The van der Waals surface area contributed by atoms with Crippen LogP contribution in [0, 0.1) is 0 Å². The second-order valence-corrected chi connectivity index (χ2v) is 4.39. The number of amides is 1. The molecule has 0 saturated heterocycles. The maximum atomic E-state index is 11.2. The third-order valence-electron chi connectivity index (χ3n) is 3.06. The Morgan fingerprint density at radius 2 is 2.11 bits per heavy atom. The molecule has 0 bridgehead atoms. The molecule has 4 nitrogen and oxygen atoms in total. The van der Waals surface area contributed by atoms with Crippen LogP contribution < -0.4 is 10.2 Å². The van der Waals surface area contributed by atoms with E-state index in [0.717, 1.165) is 22.7 Å². The first-order valence-corrected chi connectivity index (χ1v) is 5.84. The van der Waals surface area contributed by atoms with Gasteiger partial charge in [0, 0.05) is 30.9 Å². The first-order chi connectivity index (χ1) is 8.50. The van der Waals surface area contributed by atoms with E-state index in [4.69, 9.17) is 0 Å². The van der Waals surface area contributed by atoms with Crippen molar-refractivity contribution in [2.75, 3.05) is 11.9 Å². The summed E-state index contributed by atoms with van der Waals surface area (Å²) in [5, 5.41) is 2.80. The molecule has 1 aromatic rings. The van der Waals surface area contributed by atoms with Gasteiger partial charge >= 0.3 is 0 Å². The van der Waals surface area contributed by atoms with Gasteiger partial charge in [0.2, 0.25) is 5.91 Å². The first-order valence-electron chi connectivity index (χ1n) is 5.84. The number of nitrogens with zero attached hydrogens (tertiary/aromatic N) is 2. The number of rotatable bonds is 1. The SMILES string of the molecule is C=C1C(NC(C)=O)N=C(C)c2ccccc2N1C. The minimum absolute atomic E-state index is 0.114. The molecule has 1 aliphatic heterocycles. The highest BCUT2D eigenvalue weighted by atomic mass is 16.1. The number of hydrogen-bond acceptors (Lipinski definition) is 3. The van der Waals surface area contributed by atoms with Gasteiger partial charge in [-0.2, -0.15) is 0 Å². The van der Waals surface area contributed by atoms with Crippen molar-refractivity contribution in [3.05, 3.63) is 42.1 Å². The molecule has 0 aliphatic carbocycles. The monoisotopic (exact) mass is 243 g/mol. The minimum Gasteiger partial charge on any atom is -0.345 e. The van der Waals surface area contributed by atoms with Crippen molar-refractivity contribution >= 4 is 17.3 Å². The molecule has 1 atom stereocenters. The Labute approximate surface area is 107 Å². The molecule has 0 saturated carbocycles. The second kappa shape index (κ2) is 4.64. The molecule has 4 heteroatoms. The standard InChI is InChI=1S/C14H17N3O/c1-9-12-7-5-6-8-13(12)17(4)10(2)14(15-9)16-11(3)18/h5-8,14H,2H2,1,3-4H3,(H,16,18). The predicted molar refractivity (Wildman–Crippen MR) is 73.8 cm³/mol. The summed E-state index contributed by atoms with van der Waals surface area (Å²) in [4.78, 5) is 17.7. The maximum Gasteiger partial charge on any atom is 0.218 e. The van der Waals surface area contributed by atoms with Gasteiger partial charge in [0.25, 0.3) is 0 Å².